The van der Waals surface area contributed by atoms with E-state index in [9.17, 15) is 0 Å². The molecule has 6 heteroatoms. The summed E-state index contributed by atoms with van der Waals surface area (Å²) >= 11 is 0. The highest BCUT2D eigenvalue weighted by atomic mass is 16.5. The van der Waals surface area contributed by atoms with Crippen molar-refractivity contribution in [3.63, 3.8) is 0 Å². The maximum atomic E-state index is 5.60. The third kappa shape index (κ3) is 3.10. The van der Waals surface area contributed by atoms with Crippen molar-refractivity contribution in [3.05, 3.63) is 18.6 Å². The molecule has 1 saturated carbocycles. The average molecular weight is 289 g/mol. The van der Waals surface area contributed by atoms with Gasteiger partial charge in [0.15, 0.2) is 11.5 Å². The average Bonchev–Trinajstić information content (AvgIpc) is 2.91. The van der Waals surface area contributed by atoms with E-state index in [1.807, 2.05) is 23.7 Å². The molecule has 1 aliphatic rings. The van der Waals surface area contributed by atoms with Crippen LogP contribution in [-0.4, -0.2) is 39.7 Å². The summed E-state index contributed by atoms with van der Waals surface area (Å²) in [6.07, 6.45) is 9.27. The molecular weight excluding hydrogens is 266 g/mol. The van der Waals surface area contributed by atoms with Gasteiger partial charge in [-0.15, -0.1) is 0 Å². The molecule has 0 aliphatic heterocycles. The van der Waals surface area contributed by atoms with Crippen LogP contribution in [0, 0.1) is 0 Å². The largest absolute Gasteiger partial charge is 0.378 e. The first-order chi connectivity index (χ1) is 10.3. The quantitative estimate of drug-likeness (QED) is 0.820. The number of anilines is 2. The van der Waals surface area contributed by atoms with E-state index in [1.54, 1.807) is 6.20 Å². The van der Waals surface area contributed by atoms with Crippen LogP contribution in [0.2, 0.25) is 0 Å². The number of rotatable bonds is 7. The Morgan fingerprint density at radius 2 is 2.24 bits per heavy atom. The van der Waals surface area contributed by atoms with Crippen LogP contribution in [0.25, 0.3) is 5.65 Å². The highest BCUT2D eigenvalue weighted by Gasteiger charge is 2.30. The summed E-state index contributed by atoms with van der Waals surface area (Å²) in [6.45, 7) is 5.89. The normalized spacial score (nSPS) is 21.2. The lowest BCUT2D eigenvalue weighted by molar-refractivity contribution is 0.00294. The Bertz CT molecular complexity index is 591. The third-order valence-electron chi connectivity index (χ3n) is 3.77. The molecule has 0 atom stereocenters. The Morgan fingerprint density at radius 3 is 3.00 bits per heavy atom. The van der Waals surface area contributed by atoms with Crippen LogP contribution in [0.3, 0.4) is 0 Å². The molecule has 114 valence electrons. The molecule has 21 heavy (non-hydrogen) atoms. The first kappa shape index (κ1) is 14.1. The van der Waals surface area contributed by atoms with Crippen molar-refractivity contribution < 1.29 is 4.74 Å². The second-order valence-electron chi connectivity index (χ2n) is 5.45. The van der Waals surface area contributed by atoms with Crippen molar-refractivity contribution in [2.45, 2.75) is 45.3 Å². The van der Waals surface area contributed by atoms with Crippen LogP contribution >= 0.6 is 0 Å². The zero-order valence-electron chi connectivity index (χ0n) is 12.7. The zero-order valence-corrected chi connectivity index (χ0v) is 12.7. The van der Waals surface area contributed by atoms with Gasteiger partial charge in [-0.1, -0.05) is 6.92 Å². The first-order valence-corrected chi connectivity index (χ1v) is 7.75. The van der Waals surface area contributed by atoms with Crippen LogP contribution in [0.15, 0.2) is 18.6 Å². The van der Waals surface area contributed by atoms with Gasteiger partial charge in [0, 0.05) is 31.6 Å². The van der Waals surface area contributed by atoms with Crippen molar-refractivity contribution in [3.8, 4) is 0 Å². The van der Waals surface area contributed by atoms with Crippen molar-refractivity contribution >= 4 is 17.3 Å². The highest BCUT2D eigenvalue weighted by molar-refractivity contribution is 5.65. The molecule has 0 aromatic carbocycles. The van der Waals surface area contributed by atoms with Crippen molar-refractivity contribution in [2.24, 2.45) is 0 Å². The molecule has 0 unspecified atom stereocenters. The summed E-state index contributed by atoms with van der Waals surface area (Å²) in [5.41, 5.74) is 0.872. The summed E-state index contributed by atoms with van der Waals surface area (Å²) in [5.74, 6) is 1.73. The van der Waals surface area contributed by atoms with Crippen LogP contribution in [0.5, 0.6) is 0 Å². The van der Waals surface area contributed by atoms with Crippen LogP contribution < -0.4 is 10.6 Å². The molecule has 0 amide bonds. The molecule has 3 rings (SSSR count). The standard InChI is InChI=1S/C15H23N5O/c1-3-5-16-13-10-20-7-6-17-15(20)14(19-13)18-11-8-12(9-11)21-4-2/h6-7,10-12,16H,3-5,8-9H2,1-2H3,(H,18,19). The van der Waals surface area contributed by atoms with E-state index in [4.69, 9.17) is 4.74 Å². The third-order valence-corrected chi connectivity index (χ3v) is 3.77. The lowest BCUT2D eigenvalue weighted by Gasteiger charge is -2.35. The molecule has 1 fully saturated rings. The second kappa shape index (κ2) is 6.30. The van der Waals surface area contributed by atoms with Gasteiger partial charge >= 0.3 is 0 Å². The fraction of sp³-hybridized carbons (Fsp3) is 0.600. The minimum atomic E-state index is 0.393. The number of nitrogens with zero attached hydrogens (tertiary/aromatic N) is 3. The molecular formula is C15H23N5O. The van der Waals surface area contributed by atoms with E-state index in [-0.39, 0.29) is 0 Å². The van der Waals surface area contributed by atoms with E-state index >= 15 is 0 Å². The Labute approximate surface area is 124 Å². The van der Waals surface area contributed by atoms with E-state index in [0.717, 1.165) is 49.7 Å². The fourth-order valence-electron chi connectivity index (χ4n) is 2.62. The number of imidazole rings is 1. The summed E-state index contributed by atoms with van der Waals surface area (Å²) in [5, 5.41) is 6.83. The van der Waals surface area contributed by atoms with E-state index < -0.39 is 0 Å². The summed E-state index contributed by atoms with van der Waals surface area (Å²) in [6, 6.07) is 0.427. The van der Waals surface area contributed by atoms with Gasteiger partial charge in [0.05, 0.1) is 12.3 Å². The predicted molar refractivity (Wildman–Crippen MR) is 83.8 cm³/mol. The maximum Gasteiger partial charge on any atom is 0.180 e. The van der Waals surface area contributed by atoms with Crippen molar-refractivity contribution in [1.29, 1.82) is 0 Å². The number of hydrogen-bond acceptors (Lipinski definition) is 5. The van der Waals surface area contributed by atoms with Crippen molar-refractivity contribution in [2.75, 3.05) is 23.8 Å². The zero-order chi connectivity index (χ0) is 14.7. The number of fused-ring (bicyclic) bond motifs is 1. The van der Waals surface area contributed by atoms with Crippen LogP contribution in [-0.2, 0) is 4.74 Å². The lowest BCUT2D eigenvalue weighted by atomic mass is 9.89. The summed E-state index contributed by atoms with van der Waals surface area (Å²) in [7, 11) is 0. The number of nitrogens with one attached hydrogen (secondary N) is 2. The topological polar surface area (TPSA) is 63.5 Å². The molecule has 6 nitrogen and oxygen atoms in total. The summed E-state index contributed by atoms with van der Waals surface area (Å²) < 4.78 is 7.61. The van der Waals surface area contributed by atoms with Gasteiger partial charge in [0.2, 0.25) is 0 Å². The van der Waals surface area contributed by atoms with Crippen molar-refractivity contribution in [1.82, 2.24) is 14.4 Å². The molecule has 0 bridgehead atoms. The Kier molecular flexibility index (Phi) is 4.24. The Hall–Kier alpha value is -1.82. The predicted octanol–water partition coefficient (Wildman–Crippen LogP) is 2.53. The van der Waals surface area contributed by atoms with Gasteiger partial charge in [-0.05, 0) is 26.2 Å². The molecule has 2 aromatic rings. The minimum absolute atomic E-state index is 0.393. The highest BCUT2D eigenvalue weighted by Crippen LogP contribution is 2.28. The summed E-state index contributed by atoms with van der Waals surface area (Å²) in [4.78, 5) is 9.04. The smallest absolute Gasteiger partial charge is 0.180 e. The van der Waals surface area contributed by atoms with Gasteiger partial charge in [0.1, 0.15) is 5.82 Å². The number of hydrogen-bond donors (Lipinski definition) is 2. The van der Waals surface area contributed by atoms with Gasteiger partial charge in [-0.3, -0.25) is 0 Å². The Morgan fingerprint density at radius 1 is 1.38 bits per heavy atom. The van der Waals surface area contributed by atoms with Gasteiger partial charge in [-0.25, -0.2) is 9.97 Å². The number of ether oxygens (including phenoxy) is 1. The molecule has 2 N–H and O–H groups in total. The molecule has 1 aliphatic carbocycles. The van der Waals surface area contributed by atoms with E-state index in [0.29, 0.717) is 12.1 Å². The molecule has 2 aromatic heterocycles. The number of aromatic nitrogens is 3. The fourth-order valence-corrected chi connectivity index (χ4v) is 2.62. The molecule has 2 heterocycles. The lowest BCUT2D eigenvalue weighted by Crippen LogP contribution is -2.41. The van der Waals surface area contributed by atoms with Gasteiger partial charge in [-0.2, -0.15) is 0 Å². The van der Waals surface area contributed by atoms with Crippen LogP contribution in [0.4, 0.5) is 11.6 Å². The molecule has 0 saturated heterocycles. The molecule has 0 radical (unpaired) electrons. The maximum absolute atomic E-state index is 5.60. The minimum Gasteiger partial charge on any atom is -0.378 e. The van der Waals surface area contributed by atoms with Gasteiger partial charge in [0.25, 0.3) is 0 Å². The van der Waals surface area contributed by atoms with E-state index in [1.165, 1.54) is 0 Å². The van der Waals surface area contributed by atoms with Crippen LogP contribution in [0.1, 0.15) is 33.1 Å². The first-order valence-electron chi connectivity index (χ1n) is 7.75. The van der Waals surface area contributed by atoms with E-state index in [2.05, 4.69) is 27.5 Å². The SMILES string of the molecule is CCCNc1cn2ccnc2c(NC2CC(OCC)C2)n1. The van der Waals surface area contributed by atoms with Gasteiger partial charge < -0.3 is 19.8 Å². The second-order valence-corrected chi connectivity index (χ2v) is 5.45. The Balaban J connectivity index is 1.72. The monoisotopic (exact) mass is 289 g/mol. The molecule has 0 spiro atoms.